The van der Waals surface area contributed by atoms with Crippen molar-refractivity contribution in [3.8, 4) is 5.69 Å². The third kappa shape index (κ3) is 2.84. The summed E-state index contributed by atoms with van der Waals surface area (Å²) in [6, 6.07) is 11.7. The SMILES string of the molecule is Cc1nc(N2CCC3(CC[C@@H](C)[C@H]3N)CC2)cc(=O)n1-c1ccccc1. The number of hydrogen-bond acceptors (Lipinski definition) is 4. The largest absolute Gasteiger partial charge is 0.356 e. The van der Waals surface area contributed by atoms with Gasteiger partial charge in [0.25, 0.3) is 5.56 Å². The molecule has 4 rings (SSSR count). The first-order valence-corrected chi connectivity index (χ1v) is 9.67. The summed E-state index contributed by atoms with van der Waals surface area (Å²) in [7, 11) is 0. The van der Waals surface area contributed by atoms with E-state index in [-0.39, 0.29) is 5.56 Å². The molecule has 2 aliphatic rings. The van der Waals surface area contributed by atoms with Crippen LogP contribution >= 0.6 is 0 Å². The molecule has 2 fully saturated rings. The molecule has 1 aromatic carbocycles. The summed E-state index contributed by atoms with van der Waals surface area (Å²) in [5, 5.41) is 0. The van der Waals surface area contributed by atoms with Crippen LogP contribution in [0.5, 0.6) is 0 Å². The van der Waals surface area contributed by atoms with E-state index in [1.54, 1.807) is 10.6 Å². The molecule has 1 aliphatic carbocycles. The Morgan fingerprint density at radius 1 is 1.15 bits per heavy atom. The van der Waals surface area contributed by atoms with E-state index in [2.05, 4.69) is 11.8 Å². The number of piperidine rings is 1. The summed E-state index contributed by atoms with van der Waals surface area (Å²) in [4.78, 5) is 19.7. The number of hydrogen-bond donors (Lipinski definition) is 1. The molecule has 0 bridgehead atoms. The van der Waals surface area contributed by atoms with Crippen molar-refractivity contribution in [2.75, 3.05) is 18.0 Å². The molecule has 5 heteroatoms. The molecule has 1 saturated heterocycles. The van der Waals surface area contributed by atoms with Crippen molar-refractivity contribution in [3.05, 3.63) is 52.6 Å². The minimum absolute atomic E-state index is 0.0230. The van der Waals surface area contributed by atoms with Crippen molar-refractivity contribution in [1.82, 2.24) is 9.55 Å². The van der Waals surface area contributed by atoms with Crippen molar-refractivity contribution in [2.24, 2.45) is 17.1 Å². The molecular formula is C21H28N4O. The average Bonchev–Trinajstić information content (AvgIpc) is 2.91. The zero-order valence-electron chi connectivity index (χ0n) is 15.7. The molecule has 2 atom stereocenters. The van der Waals surface area contributed by atoms with Gasteiger partial charge in [0, 0.05) is 25.2 Å². The van der Waals surface area contributed by atoms with Crippen LogP contribution in [0.15, 0.2) is 41.2 Å². The number of benzene rings is 1. The Bertz CT molecular complexity index is 837. The number of anilines is 1. The van der Waals surface area contributed by atoms with Gasteiger partial charge in [0.2, 0.25) is 0 Å². The van der Waals surface area contributed by atoms with Crippen LogP contribution in [-0.4, -0.2) is 28.7 Å². The topological polar surface area (TPSA) is 64.2 Å². The maximum Gasteiger partial charge on any atom is 0.260 e. The fourth-order valence-corrected chi connectivity index (χ4v) is 4.87. The van der Waals surface area contributed by atoms with E-state index in [1.807, 2.05) is 37.3 Å². The molecule has 2 aromatic rings. The van der Waals surface area contributed by atoms with E-state index in [0.29, 0.717) is 17.4 Å². The van der Waals surface area contributed by atoms with E-state index in [0.717, 1.165) is 43.3 Å². The van der Waals surface area contributed by atoms with Crippen molar-refractivity contribution >= 4 is 5.82 Å². The molecule has 1 aliphatic heterocycles. The number of aromatic nitrogens is 2. The summed E-state index contributed by atoms with van der Waals surface area (Å²) in [5.41, 5.74) is 7.65. The first-order chi connectivity index (χ1) is 12.5. The van der Waals surface area contributed by atoms with Crippen molar-refractivity contribution in [2.45, 2.75) is 45.6 Å². The van der Waals surface area contributed by atoms with Crippen molar-refractivity contribution in [1.29, 1.82) is 0 Å². The third-order valence-electron chi connectivity index (χ3n) is 6.59. The lowest BCUT2D eigenvalue weighted by Gasteiger charge is -2.43. The highest BCUT2D eigenvalue weighted by atomic mass is 16.1. The highest BCUT2D eigenvalue weighted by Gasteiger charge is 2.46. The lowest BCUT2D eigenvalue weighted by molar-refractivity contribution is 0.186. The van der Waals surface area contributed by atoms with E-state index < -0.39 is 0 Å². The smallest absolute Gasteiger partial charge is 0.260 e. The Balaban J connectivity index is 1.56. The van der Waals surface area contributed by atoms with Gasteiger partial charge in [-0.3, -0.25) is 9.36 Å². The number of rotatable bonds is 2. The van der Waals surface area contributed by atoms with Crippen molar-refractivity contribution in [3.63, 3.8) is 0 Å². The highest BCUT2D eigenvalue weighted by molar-refractivity contribution is 5.41. The highest BCUT2D eigenvalue weighted by Crippen LogP contribution is 2.48. The third-order valence-corrected chi connectivity index (χ3v) is 6.59. The molecule has 2 heterocycles. The Morgan fingerprint density at radius 3 is 2.42 bits per heavy atom. The second kappa shape index (κ2) is 6.54. The first-order valence-electron chi connectivity index (χ1n) is 9.67. The average molecular weight is 352 g/mol. The molecular weight excluding hydrogens is 324 g/mol. The molecule has 1 spiro atoms. The Kier molecular flexibility index (Phi) is 4.35. The molecule has 138 valence electrons. The zero-order chi connectivity index (χ0) is 18.3. The van der Waals surface area contributed by atoms with Crippen LogP contribution in [0.25, 0.3) is 5.69 Å². The normalized spacial score (nSPS) is 25.0. The standard InChI is InChI=1S/C21H28N4O/c1-15-8-9-21(20(15)22)10-12-24(13-11-21)18-14-19(26)25(16(2)23-18)17-6-4-3-5-7-17/h3-7,14-15,20H,8-13,22H2,1-2H3/t15-,20-/m1/s1. The van der Waals surface area contributed by atoms with Gasteiger partial charge in [-0.1, -0.05) is 25.1 Å². The molecule has 1 aromatic heterocycles. The van der Waals surface area contributed by atoms with E-state index in [9.17, 15) is 4.79 Å². The Morgan fingerprint density at radius 2 is 1.85 bits per heavy atom. The Hall–Kier alpha value is -2.14. The molecule has 5 nitrogen and oxygen atoms in total. The maximum absolute atomic E-state index is 12.7. The van der Waals surface area contributed by atoms with E-state index in [4.69, 9.17) is 10.7 Å². The lowest BCUT2D eigenvalue weighted by Crippen LogP contribution is -2.48. The number of nitrogens with zero attached hydrogens (tertiary/aromatic N) is 3. The molecule has 0 unspecified atom stereocenters. The second-order valence-electron chi connectivity index (χ2n) is 8.06. The molecule has 0 radical (unpaired) electrons. The van der Waals surface area contributed by atoms with Crippen LogP contribution in [0.3, 0.4) is 0 Å². The fraction of sp³-hybridized carbons (Fsp3) is 0.524. The first kappa shape index (κ1) is 17.3. The minimum Gasteiger partial charge on any atom is -0.356 e. The van der Waals surface area contributed by atoms with Gasteiger partial charge in [0.15, 0.2) is 0 Å². The predicted octanol–water partition coefficient (Wildman–Crippen LogP) is 2.88. The molecule has 0 amide bonds. The van der Waals surface area contributed by atoms with Gasteiger partial charge in [-0.15, -0.1) is 0 Å². The molecule has 2 N–H and O–H groups in total. The van der Waals surface area contributed by atoms with Crippen LogP contribution < -0.4 is 16.2 Å². The second-order valence-corrected chi connectivity index (χ2v) is 8.06. The van der Waals surface area contributed by atoms with Crippen LogP contribution in [0, 0.1) is 18.3 Å². The summed E-state index contributed by atoms with van der Waals surface area (Å²) in [5.74, 6) is 2.15. The van der Waals surface area contributed by atoms with Crippen LogP contribution in [0.4, 0.5) is 5.82 Å². The van der Waals surface area contributed by atoms with Gasteiger partial charge >= 0.3 is 0 Å². The summed E-state index contributed by atoms with van der Waals surface area (Å²) in [6.45, 7) is 6.04. The van der Waals surface area contributed by atoms with Gasteiger partial charge in [0.05, 0.1) is 5.69 Å². The van der Waals surface area contributed by atoms with E-state index in [1.165, 1.54) is 12.8 Å². The summed E-state index contributed by atoms with van der Waals surface area (Å²) < 4.78 is 1.67. The quantitative estimate of drug-likeness (QED) is 0.903. The number of aryl methyl sites for hydroxylation is 1. The monoisotopic (exact) mass is 352 g/mol. The maximum atomic E-state index is 12.7. The molecule has 1 saturated carbocycles. The lowest BCUT2D eigenvalue weighted by atomic mass is 9.73. The Labute approximate surface area is 154 Å². The minimum atomic E-state index is -0.0230. The predicted molar refractivity (Wildman–Crippen MR) is 105 cm³/mol. The summed E-state index contributed by atoms with van der Waals surface area (Å²) >= 11 is 0. The van der Waals surface area contributed by atoms with Crippen molar-refractivity contribution < 1.29 is 0 Å². The van der Waals surface area contributed by atoms with Gasteiger partial charge in [-0.25, -0.2) is 4.98 Å². The van der Waals surface area contributed by atoms with Gasteiger partial charge in [0.1, 0.15) is 11.6 Å². The van der Waals surface area contributed by atoms with Crippen LogP contribution in [-0.2, 0) is 0 Å². The fourth-order valence-electron chi connectivity index (χ4n) is 4.87. The number of para-hydroxylation sites is 1. The van der Waals surface area contributed by atoms with Gasteiger partial charge in [-0.05, 0) is 56.1 Å². The van der Waals surface area contributed by atoms with Gasteiger partial charge in [-0.2, -0.15) is 0 Å². The van der Waals surface area contributed by atoms with Crippen LogP contribution in [0.2, 0.25) is 0 Å². The molecule has 26 heavy (non-hydrogen) atoms. The number of nitrogens with two attached hydrogens (primary N) is 1. The van der Waals surface area contributed by atoms with Crippen LogP contribution in [0.1, 0.15) is 38.4 Å². The van der Waals surface area contributed by atoms with Gasteiger partial charge < -0.3 is 10.6 Å². The van der Waals surface area contributed by atoms with E-state index >= 15 is 0 Å². The summed E-state index contributed by atoms with van der Waals surface area (Å²) in [6.07, 6.45) is 4.68. The zero-order valence-corrected chi connectivity index (χ0v) is 15.7.